The fourth-order valence-electron chi connectivity index (χ4n) is 2.21. The molecule has 0 spiro atoms. The largest absolute Gasteiger partial charge is 0.378 e. The lowest BCUT2D eigenvalue weighted by Gasteiger charge is -2.29. The first-order valence-corrected chi connectivity index (χ1v) is 7.14. The first-order valence-electron chi connectivity index (χ1n) is 7.14. The average Bonchev–Trinajstić information content (AvgIpc) is 2.49. The first kappa shape index (κ1) is 14.8. The van der Waals surface area contributed by atoms with Crippen LogP contribution in [0.25, 0.3) is 0 Å². The second-order valence-electron chi connectivity index (χ2n) is 5.87. The van der Waals surface area contributed by atoms with Gasteiger partial charge in [-0.3, -0.25) is 0 Å². The van der Waals surface area contributed by atoms with Crippen LogP contribution in [0.2, 0.25) is 0 Å². The van der Waals surface area contributed by atoms with Gasteiger partial charge in [0, 0.05) is 31.9 Å². The number of nitrogens with one attached hydrogen (secondary N) is 1. The summed E-state index contributed by atoms with van der Waals surface area (Å²) in [5, 5.41) is 12.3. The third-order valence-corrected chi connectivity index (χ3v) is 3.51. The summed E-state index contributed by atoms with van der Waals surface area (Å²) in [5.41, 5.74) is 2.19. The van der Waals surface area contributed by atoms with Crippen LogP contribution in [0, 0.1) is 16.7 Å². The van der Waals surface area contributed by atoms with E-state index < -0.39 is 0 Å². The zero-order valence-electron chi connectivity index (χ0n) is 12.4. The number of nitriles is 1. The molecule has 20 heavy (non-hydrogen) atoms. The zero-order valence-corrected chi connectivity index (χ0v) is 12.4. The maximum absolute atomic E-state index is 8.97. The van der Waals surface area contributed by atoms with Crippen LogP contribution in [-0.4, -0.2) is 32.8 Å². The smallest absolute Gasteiger partial charge is 0.0697 e. The lowest BCUT2D eigenvalue weighted by molar-refractivity contribution is 0.122. The number of rotatable bonds is 5. The van der Waals surface area contributed by atoms with E-state index in [0.29, 0.717) is 6.54 Å². The van der Waals surface area contributed by atoms with E-state index in [9.17, 15) is 0 Å². The van der Waals surface area contributed by atoms with Crippen LogP contribution in [0.15, 0.2) is 24.3 Å². The maximum atomic E-state index is 8.97. The van der Waals surface area contributed by atoms with Crippen molar-refractivity contribution < 1.29 is 4.74 Å². The molecule has 0 unspecified atom stereocenters. The average molecular weight is 273 g/mol. The zero-order chi connectivity index (χ0) is 14.4. The molecule has 1 aromatic rings. The molecule has 108 valence electrons. The van der Waals surface area contributed by atoms with Gasteiger partial charge in [0.2, 0.25) is 0 Å². The van der Waals surface area contributed by atoms with Crippen LogP contribution in [0.1, 0.15) is 19.4 Å². The van der Waals surface area contributed by atoms with Crippen LogP contribution < -0.4 is 10.2 Å². The molecule has 0 aliphatic carbocycles. The number of ether oxygens (including phenoxy) is 1. The molecule has 0 aromatic heterocycles. The van der Waals surface area contributed by atoms with Crippen molar-refractivity contribution in [3.8, 4) is 6.07 Å². The molecule has 2 rings (SSSR count). The normalized spacial score (nSPS) is 15.9. The van der Waals surface area contributed by atoms with Crippen LogP contribution in [-0.2, 0) is 11.3 Å². The van der Waals surface area contributed by atoms with Crippen molar-refractivity contribution in [2.75, 3.05) is 37.7 Å². The number of morpholine rings is 1. The van der Waals surface area contributed by atoms with Gasteiger partial charge in [-0.25, -0.2) is 0 Å². The molecule has 0 atom stereocenters. The molecular formula is C16H23N3O. The van der Waals surface area contributed by atoms with Gasteiger partial charge >= 0.3 is 0 Å². The highest BCUT2D eigenvalue weighted by molar-refractivity contribution is 5.47. The van der Waals surface area contributed by atoms with Crippen molar-refractivity contribution in [3.63, 3.8) is 0 Å². The monoisotopic (exact) mass is 273 g/mol. The van der Waals surface area contributed by atoms with Gasteiger partial charge in [-0.1, -0.05) is 12.1 Å². The molecule has 1 aliphatic heterocycles. The fraction of sp³-hybridized carbons (Fsp3) is 0.562. The third-order valence-electron chi connectivity index (χ3n) is 3.51. The highest BCUT2D eigenvalue weighted by Gasteiger charge is 2.15. The SMILES string of the molecule is CC(C)(C#N)CNCc1ccc(N2CCOCC2)cc1. The fourth-order valence-corrected chi connectivity index (χ4v) is 2.21. The Morgan fingerprint density at radius 3 is 2.50 bits per heavy atom. The van der Waals surface area contributed by atoms with Gasteiger partial charge in [-0.05, 0) is 31.5 Å². The molecule has 1 aliphatic rings. The topological polar surface area (TPSA) is 48.3 Å². The summed E-state index contributed by atoms with van der Waals surface area (Å²) in [6.07, 6.45) is 0. The Kier molecular flexibility index (Phi) is 4.99. The molecule has 0 amide bonds. The molecule has 1 fully saturated rings. The van der Waals surface area contributed by atoms with Crippen LogP contribution in [0.5, 0.6) is 0 Å². The number of anilines is 1. The number of hydrogen-bond acceptors (Lipinski definition) is 4. The summed E-state index contributed by atoms with van der Waals surface area (Å²) in [6, 6.07) is 10.9. The number of hydrogen-bond donors (Lipinski definition) is 1. The number of nitrogens with zero attached hydrogens (tertiary/aromatic N) is 2. The molecular weight excluding hydrogens is 250 g/mol. The highest BCUT2D eigenvalue weighted by Crippen LogP contribution is 2.17. The molecule has 1 N–H and O–H groups in total. The molecule has 4 nitrogen and oxygen atoms in total. The lowest BCUT2D eigenvalue weighted by atomic mass is 9.96. The predicted molar refractivity (Wildman–Crippen MR) is 80.6 cm³/mol. The minimum atomic E-state index is -0.312. The van der Waals surface area contributed by atoms with Crippen molar-refractivity contribution in [2.24, 2.45) is 5.41 Å². The molecule has 4 heteroatoms. The standard InChI is InChI=1S/C16H23N3O/c1-16(2,12-17)13-18-11-14-3-5-15(6-4-14)19-7-9-20-10-8-19/h3-6,18H,7-11,13H2,1-2H3. The molecule has 0 radical (unpaired) electrons. The second kappa shape index (κ2) is 6.74. The Bertz CT molecular complexity index is 456. The Labute approximate surface area is 121 Å². The van der Waals surface area contributed by atoms with E-state index in [4.69, 9.17) is 10.00 Å². The Hall–Kier alpha value is -1.57. The molecule has 1 heterocycles. The van der Waals surface area contributed by atoms with Crippen molar-refractivity contribution in [1.82, 2.24) is 5.32 Å². The third kappa shape index (κ3) is 4.22. The summed E-state index contributed by atoms with van der Waals surface area (Å²) >= 11 is 0. The van der Waals surface area contributed by atoms with E-state index in [2.05, 4.69) is 40.6 Å². The molecule has 0 saturated carbocycles. The lowest BCUT2D eigenvalue weighted by Crippen LogP contribution is -2.36. The Morgan fingerprint density at radius 2 is 1.90 bits per heavy atom. The van der Waals surface area contributed by atoms with Gasteiger partial charge in [0.25, 0.3) is 0 Å². The van der Waals surface area contributed by atoms with Gasteiger partial charge in [-0.2, -0.15) is 5.26 Å². The van der Waals surface area contributed by atoms with Gasteiger partial charge in [-0.15, -0.1) is 0 Å². The van der Waals surface area contributed by atoms with Crippen LogP contribution in [0.3, 0.4) is 0 Å². The van der Waals surface area contributed by atoms with E-state index in [-0.39, 0.29) is 5.41 Å². The Morgan fingerprint density at radius 1 is 1.25 bits per heavy atom. The van der Waals surface area contributed by atoms with Gasteiger partial charge in [0.05, 0.1) is 24.7 Å². The van der Waals surface area contributed by atoms with Crippen molar-refractivity contribution >= 4 is 5.69 Å². The summed E-state index contributed by atoms with van der Waals surface area (Å²) in [6.45, 7) is 8.95. The Balaban J connectivity index is 1.84. The van der Waals surface area contributed by atoms with E-state index >= 15 is 0 Å². The second-order valence-corrected chi connectivity index (χ2v) is 5.87. The minimum absolute atomic E-state index is 0.312. The van der Waals surface area contributed by atoms with E-state index in [1.54, 1.807) is 0 Å². The van der Waals surface area contributed by atoms with Gasteiger partial charge < -0.3 is 15.0 Å². The molecule has 1 saturated heterocycles. The van der Waals surface area contributed by atoms with Crippen molar-refractivity contribution in [2.45, 2.75) is 20.4 Å². The number of benzene rings is 1. The van der Waals surface area contributed by atoms with E-state index in [1.165, 1.54) is 11.3 Å². The minimum Gasteiger partial charge on any atom is -0.378 e. The molecule has 0 bridgehead atoms. The summed E-state index contributed by atoms with van der Waals surface area (Å²) < 4.78 is 5.36. The van der Waals surface area contributed by atoms with Crippen LogP contribution >= 0.6 is 0 Å². The maximum Gasteiger partial charge on any atom is 0.0697 e. The van der Waals surface area contributed by atoms with Crippen molar-refractivity contribution in [1.29, 1.82) is 5.26 Å². The predicted octanol–water partition coefficient (Wildman–Crippen LogP) is 2.16. The van der Waals surface area contributed by atoms with Gasteiger partial charge in [0.1, 0.15) is 0 Å². The summed E-state index contributed by atoms with van der Waals surface area (Å²) in [4.78, 5) is 2.35. The highest BCUT2D eigenvalue weighted by atomic mass is 16.5. The van der Waals surface area contributed by atoms with E-state index in [1.807, 2.05) is 13.8 Å². The summed E-state index contributed by atoms with van der Waals surface area (Å²) in [7, 11) is 0. The quantitative estimate of drug-likeness (QED) is 0.893. The van der Waals surface area contributed by atoms with E-state index in [0.717, 1.165) is 32.8 Å². The van der Waals surface area contributed by atoms with Gasteiger partial charge in [0.15, 0.2) is 0 Å². The molecule has 1 aromatic carbocycles. The van der Waals surface area contributed by atoms with Crippen molar-refractivity contribution in [3.05, 3.63) is 29.8 Å². The summed E-state index contributed by atoms with van der Waals surface area (Å²) in [5.74, 6) is 0. The van der Waals surface area contributed by atoms with Crippen LogP contribution in [0.4, 0.5) is 5.69 Å². The first-order chi connectivity index (χ1) is 9.61.